The quantitative estimate of drug-likeness (QED) is 0.837. The van der Waals surface area contributed by atoms with Crippen LogP contribution in [0.5, 0.6) is 0 Å². The molecule has 0 saturated carbocycles. The zero-order valence-corrected chi connectivity index (χ0v) is 16.3. The van der Waals surface area contributed by atoms with Crippen molar-refractivity contribution in [2.45, 2.75) is 31.9 Å². The highest BCUT2D eigenvalue weighted by molar-refractivity contribution is 5.88. The number of aliphatic hydroxyl groups is 1. The number of piperidine rings is 3. The predicted octanol–water partition coefficient (Wildman–Crippen LogP) is 2.88. The number of rotatable bonds is 5. The summed E-state index contributed by atoms with van der Waals surface area (Å²) in [6.45, 7) is 5.40. The van der Waals surface area contributed by atoms with Crippen LogP contribution in [0.15, 0.2) is 48.5 Å². The van der Waals surface area contributed by atoms with Crippen molar-refractivity contribution in [3.63, 3.8) is 0 Å². The minimum absolute atomic E-state index is 0.230. The lowest BCUT2D eigenvalue weighted by molar-refractivity contribution is -0.121. The second-order valence-corrected chi connectivity index (χ2v) is 8.09. The summed E-state index contributed by atoms with van der Waals surface area (Å²) in [6.07, 6.45) is 1.99. The number of aryl methyl sites for hydroxylation is 1. The molecule has 2 N–H and O–H groups in total. The fourth-order valence-electron chi connectivity index (χ4n) is 4.46. The normalized spacial score (nSPS) is 26.1. The molecule has 1 atom stereocenters. The Morgan fingerprint density at radius 3 is 2.61 bits per heavy atom. The molecule has 1 aromatic carbocycles. The Kier molecular flexibility index (Phi) is 5.33. The van der Waals surface area contributed by atoms with E-state index in [4.69, 9.17) is 0 Å². The molecule has 2 bridgehead atoms. The third-order valence-corrected chi connectivity index (χ3v) is 5.94. The first-order valence-electron chi connectivity index (χ1n) is 10.0. The molecular formula is C22H28N4O2. The van der Waals surface area contributed by atoms with Gasteiger partial charge in [-0.3, -0.25) is 5.32 Å². The van der Waals surface area contributed by atoms with E-state index in [0.717, 1.165) is 37.2 Å². The molecule has 2 amide bonds. The van der Waals surface area contributed by atoms with Crippen molar-refractivity contribution in [2.24, 2.45) is 5.92 Å². The molecule has 3 aliphatic heterocycles. The predicted molar refractivity (Wildman–Crippen MR) is 109 cm³/mol. The van der Waals surface area contributed by atoms with E-state index < -0.39 is 5.60 Å². The van der Waals surface area contributed by atoms with Gasteiger partial charge >= 0.3 is 6.03 Å². The Morgan fingerprint density at radius 1 is 1.21 bits per heavy atom. The molecule has 4 heterocycles. The molecule has 2 aromatic rings. The Morgan fingerprint density at radius 2 is 1.96 bits per heavy atom. The number of nitrogens with one attached hydrogen (secondary N) is 1. The number of hydrogen-bond donors (Lipinski definition) is 2. The maximum atomic E-state index is 13.1. The van der Waals surface area contributed by atoms with Gasteiger partial charge < -0.3 is 14.9 Å². The molecule has 0 aliphatic carbocycles. The van der Waals surface area contributed by atoms with Crippen LogP contribution < -0.4 is 5.32 Å². The first-order valence-corrected chi connectivity index (χ1v) is 10.0. The number of carbonyl (C=O) groups is 1. The van der Waals surface area contributed by atoms with Crippen LogP contribution in [-0.2, 0) is 6.54 Å². The summed E-state index contributed by atoms with van der Waals surface area (Å²) >= 11 is 0. The highest BCUT2D eigenvalue weighted by atomic mass is 16.3. The van der Waals surface area contributed by atoms with E-state index in [1.165, 1.54) is 0 Å². The molecule has 5 rings (SSSR count). The number of anilines is 1. The smallest absolute Gasteiger partial charge is 0.323 e. The van der Waals surface area contributed by atoms with Gasteiger partial charge in [-0.1, -0.05) is 36.4 Å². The number of hydrogen-bond acceptors (Lipinski definition) is 4. The van der Waals surface area contributed by atoms with Gasteiger partial charge in [0.15, 0.2) is 0 Å². The number of urea groups is 1. The van der Waals surface area contributed by atoms with Crippen molar-refractivity contribution >= 4 is 11.8 Å². The molecule has 148 valence electrons. The summed E-state index contributed by atoms with van der Waals surface area (Å²) < 4.78 is 0. The zero-order valence-electron chi connectivity index (χ0n) is 16.3. The average molecular weight is 380 g/mol. The number of amides is 2. The van der Waals surface area contributed by atoms with Crippen molar-refractivity contribution in [1.29, 1.82) is 0 Å². The largest absolute Gasteiger partial charge is 0.386 e. The summed E-state index contributed by atoms with van der Waals surface area (Å²) in [5, 5.41) is 14.3. The molecule has 3 fully saturated rings. The van der Waals surface area contributed by atoms with Gasteiger partial charge in [0.1, 0.15) is 5.82 Å². The fraction of sp³-hybridized carbons (Fsp3) is 0.455. The fourth-order valence-corrected chi connectivity index (χ4v) is 4.46. The van der Waals surface area contributed by atoms with Crippen molar-refractivity contribution in [1.82, 2.24) is 14.8 Å². The molecule has 28 heavy (non-hydrogen) atoms. The third kappa shape index (κ3) is 4.18. The number of carbonyl (C=O) groups excluding carboxylic acids is 1. The average Bonchev–Trinajstić information content (AvgIpc) is 2.69. The maximum absolute atomic E-state index is 13.1. The third-order valence-electron chi connectivity index (χ3n) is 5.94. The Bertz CT molecular complexity index is 820. The SMILES string of the molecule is Cc1cccc(NC(=O)N(Cc2ccccc2)CC2(O)CN3CCC2CC3)n1. The number of nitrogens with zero attached hydrogens (tertiary/aromatic N) is 3. The van der Waals surface area contributed by atoms with Crippen LogP contribution in [0.1, 0.15) is 24.1 Å². The molecule has 3 saturated heterocycles. The molecule has 1 aromatic heterocycles. The minimum atomic E-state index is -0.858. The lowest BCUT2D eigenvalue weighted by Gasteiger charge is -2.51. The van der Waals surface area contributed by atoms with E-state index in [-0.39, 0.29) is 11.9 Å². The van der Waals surface area contributed by atoms with Crippen LogP contribution >= 0.6 is 0 Å². The van der Waals surface area contributed by atoms with Gasteiger partial charge in [-0.25, -0.2) is 9.78 Å². The monoisotopic (exact) mass is 380 g/mol. The molecule has 0 spiro atoms. The topological polar surface area (TPSA) is 68.7 Å². The van der Waals surface area contributed by atoms with Crippen molar-refractivity contribution in [3.8, 4) is 0 Å². The molecule has 3 aliphatic rings. The van der Waals surface area contributed by atoms with Crippen LogP contribution in [0.25, 0.3) is 0 Å². The van der Waals surface area contributed by atoms with Crippen LogP contribution in [0, 0.1) is 12.8 Å². The van der Waals surface area contributed by atoms with Crippen molar-refractivity contribution < 1.29 is 9.90 Å². The van der Waals surface area contributed by atoms with Gasteiger partial charge in [-0.05, 0) is 56.5 Å². The van der Waals surface area contributed by atoms with Gasteiger partial charge in [0.05, 0.1) is 12.1 Å². The van der Waals surface area contributed by atoms with Gasteiger partial charge in [0.25, 0.3) is 0 Å². The van der Waals surface area contributed by atoms with Crippen LogP contribution in [-0.4, -0.2) is 57.7 Å². The van der Waals surface area contributed by atoms with Crippen LogP contribution in [0.4, 0.5) is 10.6 Å². The first-order chi connectivity index (χ1) is 13.5. The highest BCUT2D eigenvalue weighted by Gasteiger charge is 2.46. The minimum Gasteiger partial charge on any atom is -0.386 e. The van der Waals surface area contributed by atoms with E-state index in [2.05, 4.69) is 15.2 Å². The van der Waals surface area contributed by atoms with E-state index >= 15 is 0 Å². The van der Waals surface area contributed by atoms with Crippen molar-refractivity contribution in [2.75, 3.05) is 31.5 Å². The number of benzene rings is 1. The van der Waals surface area contributed by atoms with Gasteiger partial charge in [-0.2, -0.15) is 0 Å². The molecule has 6 heteroatoms. The lowest BCUT2D eigenvalue weighted by Crippen LogP contribution is -2.63. The lowest BCUT2D eigenvalue weighted by atomic mass is 9.75. The second kappa shape index (κ2) is 7.89. The summed E-state index contributed by atoms with van der Waals surface area (Å²) in [5.41, 5.74) is 1.03. The number of fused-ring (bicyclic) bond motifs is 3. The summed E-state index contributed by atoms with van der Waals surface area (Å²) in [7, 11) is 0. The summed E-state index contributed by atoms with van der Waals surface area (Å²) in [4.78, 5) is 21.5. The molecular weight excluding hydrogens is 352 g/mol. The van der Waals surface area contributed by atoms with Gasteiger partial charge in [0.2, 0.25) is 0 Å². The zero-order chi connectivity index (χ0) is 19.6. The first kappa shape index (κ1) is 18.9. The maximum Gasteiger partial charge on any atom is 0.323 e. The van der Waals surface area contributed by atoms with Crippen LogP contribution in [0.3, 0.4) is 0 Å². The summed E-state index contributed by atoms with van der Waals surface area (Å²) in [6, 6.07) is 15.2. The van der Waals surface area contributed by atoms with Gasteiger partial charge in [-0.15, -0.1) is 0 Å². The molecule has 1 unspecified atom stereocenters. The Balaban J connectivity index is 1.54. The van der Waals surface area contributed by atoms with Gasteiger partial charge in [0, 0.05) is 18.8 Å². The van der Waals surface area contributed by atoms with E-state index in [0.29, 0.717) is 25.5 Å². The van der Waals surface area contributed by atoms with Crippen LogP contribution in [0.2, 0.25) is 0 Å². The highest BCUT2D eigenvalue weighted by Crippen LogP contribution is 2.36. The number of aromatic nitrogens is 1. The standard InChI is InChI=1S/C22H28N4O2/c1-17-6-5-9-20(23-17)24-21(27)26(14-18-7-3-2-4-8-18)16-22(28)15-25-12-10-19(22)11-13-25/h2-9,19,28H,10-16H2,1H3,(H,23,24,27). The van der Waals surface area contributed by atoms with E-state index in [1.54, 1.807) is 11.0 Å². The summed E-state index contributed by atoms with van der Waals surface area (Å²) in [5.74, 6) is 0.782. The number of pyridine rings is 1. The van der Waals surface area contributed by atoms with E-state index in [9.17, 15) is 9.90 Å². The van der Waals surface area contributed by atoms with E-state index in [1.807, 2.05) is 49.4 Å². The second-order valence-electron chi connectivity index (χ2n) is 8.09. The van der Waals surface area contributed by atoms with Crippen molar-refractivity contribution in [3.05, 3.63) is 59.8 Å². The molecule has 6 nitrogen and oxygen atoms in total. The Hall–Kier alpha value is -2.44. The molecule has 0 radical (unpaired) electrons. The Labute approximate surface area is 166 Å².